The number of hydrogen-bond donors (Lipinski definition) is 0. The van der Waals surface area contributed by atoms with E-state index in [0.29, 0.717) is 17.9 Å². The van der Waals surface area contributed by atoms with Crippen LogP contribution >= 0.6 is 0 Å². The fourth-order valence-electron chi connectivity index (χ4n) is 3.21. The molecule has 0 aliphatic rings. The summed E-state index contributed by atoms with van der Waals surface area (Å²) in [6, 6.07) is 23.3. The number of hydrogen-bond acceptors (Lipinski definition) is 3. The quantitative estimate of drug-likeness (QED) is 0.443. The average Bonchev–Trinajstić information content (AvgIpc) is 2.68. The molecule has 27 heavy (non-hydrogen) atoms. The highest BCUT2D eigenvalue weighted by Crippen LogP contribution is 2.30. The van der Waals surface area contributed by atoms with Crippen LogP contribution in [0.3, 0.4) is 0 Å². The number of rotatable bonds is 4. The maximum Gasteiger partial charge on any atom is 0.336 e. The standard InChI is InChI=1S/C24H20O3/c1-16-8-9-17(2)19(12-16)15-26-20-10-11-21-22(18-6-4-3-5-7-18)14-24(25)27-23(21)13-20/h3-14H,15H2,1-2H3. The van der Waals surface area contributed by atoms with E-state index in [1.165, 1.54) is 17.2 Å². The van der Waals surface area contributed by atoms with Gasteiger partial charge in [-0.2, -0.15) is 0 Å². The van der Waals surface area contributed by atoms with Crippen molar-refractivity contribution in [1.29, 1.82) is 0 Å². The van der Waals surface area contributed by atoms with Gasteiger partial charge in [0.15, 0.2) is 0 Å². The molecule has 0 aliphatic heterocycles. The van der Waals surface area contributed by atoms with E-state index in [-0.39, 0.29) is 5.63 Å². The highest BCUT2D eigenvalue weighted by atomic mass is 16.5. The summed E-state index contributed by atoms with van der Waals surface area (Å²) in [7, 11) is 0. The van der Waals surface area contributed by atoms with Crippen molar-refractivity contribution in [3.05, 3.63) is 99.9 Å². The van der Waals surface area contributed by atoms with Crippen molar-refractivity contribution < 1.29 is 9.15 Å². The van der Waals surface area contributed by atoms with E-state index < -0.39 is 0 Å². The lowest BCUT2D eigenvalue weighted by Crippen LogP contribution is -2.00. The van der Waals surface area contributed by atoms with E-state index in [0.717, 1.165) is 22.1 Å². The average molecular weight is 356 g/mol. The van der Waals surface area contributed by atoms with Crippen molar-refractivity contribution in [3.8, 4) is 16.9 Å². The Morgan fingerprint density at radius 1 is 0.889 bits per heavy atom. The van der Waals surface area contributed by atoms with Crippen LogP contribution in [0, 0.1) is 13.8 Å². The summed E-state index contributed by atoms with van der Waals surface area (Å²) in [6.07, 6.45) is 0. The van der Waals surface area contributed by atoms with E-state index >= 15 is 0 Å². The lowest BCUT2D eigenvalue weighted by atomic mass is 10.0. The Labute approximate surface area is 157 Å². The van der Waals surface area contributed by atoms with Crippen LogP contribution in [0.25, 0.3) is 22.1 Å². The second kappa shape index (κ2) is 7.12. The number of aryl methyl sites for hydroxylation is 2. The Bertz CT molecular complexity index is 1160. The van der Waals surface area contributed by atoms with Gasteiger partial charge in [0.25, 0.3) is 0 Å². The first kappa shape index (κ1) is 17.1. The molecule has 0 spiro atoms. The van der Waals surface area contributed by atoms with Crippen LogP contribution < -0.4 is 10.4 Å². The predicted octanol–water partition coefficient (Wildman–Crippen LogP) is 5.66. The maximum atomic E-state index is 12.0. The third-order valence-electron chi connectivity index (χ3n) is 4.70. The summed E-state index contributed by atoms with van der Waals surface area (Å²) < 4.78 is 11.4. The van der Waals surface area contributed by atoms with Crippen molar-refractivity contribution in [3.63, 3.8) is 0 Å². The van der Waals surface area contributed by atoms with E-state index in [2.05, 4.69) is 32.0 Å². The molecule has 3 nitrogen and oxygen atoms in total. The third kappa shape index (κ3) is 3.63. The lowest BCUT2D eigenvalue weighted by molar-refractivity contribution is 0.305. The summed E-state index contributed by atoms with van der Waals surface area (Å²) in [5, 5.41) is 0.889. The van der Waals surface area contributed by atoms with Gasteiger partial charge in [-0.3, -0.25) is 0 Å². The molecule has 0 aliphatic carbocycles. The minimum Gasteiger partial charge on any atom is -0.489 e. The van der Waals surface area contributed by atoms with Gasteiger partial charge < -0.3 is 9.15 Å². The summed E-state index contributed by atoms with van der Waals surface area (Å²) in [6.45, 7) is 4.62. The van der Waals surface area contributed by atoms with Gasteiger partial charge in [-0.1, -0.05) is 54.1 Å². The molecule has 1 aromatic heterocycles. The summed E-state index contributed by atoms with van der Waals surface area (Å²) in [4.78, 5) is 12.0. The molecule has 3 heteroatoms. The van der Waals surface area contributed by atoms with Crippen molar-refractivity contribution >= 4 is 11.0 Å². The Kier molecular flexibility index (Phi) is 4.51. The molecular weight excluding hydrogens is 336 g/mol. The van der Waals surface area contributed by atoms with Gasteiger partial charge >= 0.3 is 5.63 Å². The molecule has 134 valence electrons. The molecule has 0 radical (unpaired) electrons. The van der Waals surface area contributed by atoms with Gasteiger partial charge in [0, 0.05) is 17.5 Å². The van der Waals surface area contributed by atoms with E-state index in [1.54, 1.807) is 6.07 Å². The van der Waals surface area contributed by atoms with Crippen LogP contribution in [0.2, 0.25) is 0 Å². The van der Waals surface area contributed by atoms with Crippen LogP contribution in [0.15, 0.2) is 82.0 Å². The van der Waals surface area contributed by atoms with E-state index in [9.17, 15) is 4.79 Å². The van der Waals surface area contributed by atoms with Gasteiger partial charge in [0.2, 0.25) is 0 Å². The fourth-order valence-corrected chi connectivity index (χ4v) is 3.21. The van der Waals surface area contributed by atoms with Crippen LogP contribution in [0.4, 0.5) is 0 Å². The predicted molar refractivity (Wildman–Crippen MR) is 108 cm³/mol. The molecule has 0 amide bonds. The normalized spacial score (nSPS) is 10.9. The minimum atomic E-state index is -0.368. The largest absolute Gasteiger partial charge is 0.489 e. The highest BCUT2D eigenvalue weighted by molar-refractivity contribution is 5.93. The van der Waals surface area contributed by atoms with Gasteiger partial charge in [-0.05, 0) is 48.2 Å². The molecule has 0 N–H and O–H groups in total. The van der Waals surface area contributed by atoms with Crippen LogP contribution in [0.1, 0.15) is 16.7 Å². The topological polar surface area (TPSA) is 39.4 Å². The van der Waals surface area contributed by atoms with Crippen molar-refractivity contribution in [1.82, 2.24) is 0 Å². The molecule has 0 saturated heterocycles. The molecule has 0 atom stereocenters. The first-order chi connectivity index (χ1) is 13.1. The molecule has 0 saturated carbocycles. The van der Waals surface area contributed by atoms with Gasteiger partial charge in [0.1, 0.15) is 17.9 Å². The zero-order chi connectivity index (χ0) is 18.8. The summed E-state index contributed by atoms with van der Waals surface area (Å²) in [5.74, 6) is 0.678. The highest BCUT2D eigenvalue weighted by Gasteiger charge is 2.09. The minimum absolute atomic E-state index is 0.368. The Morgan fingerprint density at radius 3 is 2.52 bits per heavy atom. The van der Waals surface area contributed by atoms with Crippen LogP contribution in [-0.2, 0) is 6.61 Å². The zero-order valence-corrected chi connectivity index (χ0v) is 15.4. The van der Waals surface area contributed by atoms with Gasteiger partial charge in [-0.15, -0.1) is 0 Å². The molecule has 3 aromatic carbocycles. The second-order valence-corrected chi connectivity index (χ2v) is 6.72. The monoisotopic (exact) mass is 356 g/mol. The Morgan fingerprint density at radius 2 is 1.70 bits per heavy atom. The lowest BCUT2D eigenvalue weighted by Gasteiger charge is -2.11. The molecule has 4 rings (SSSR count). The van der Waals surface area contributed by atoms with Crippen molar-refractivity contribution in [2.75, 3.05) is 0 Å². The molecular formula is C24H20O3. The smallest absolute Gasteiger partial charge is 0.336 e. The molecule has 1 heterocycles. The number of ether oxygens (including phenoxy) is 1. The Hall–Kier alpha value is -3.33. The first-order valence-corrected chi connectivity index (χ1v) is 8.92. The van der Waals surface area contributed by atoms with Crippen molar-refractivity contribution in [2.24, 2.45) is 0 Å². The molecule has 0 unspecified atom stereocenters. The summed E-state index contributed by atoms with van der Waals surface area (Å²) in [5.41, 5.74) is 5.56. The van der Waals surface area contributed by atoms with Crippen LogP contribution in [0.5, 0.6) is 5.75 Å². The number of fused-ring (bicyclic) bond motifs is 1. The maximum absolute atomic E-state index is 12.0. The molecule has 0 fully saturated rings. The third-order valence-corrected chi connectivity index (χ3v) is 4.70. The SMILES string of the molecule is Cc1ccc(C)c(COc2ccc3c(-c4ccccc4)cc(=O)oc3c2)c1. The fraction of sp³-hybridized carbons (Fsp3) is 0.125. The number of benzene rings is 3. The summed E-state index contributed by atoms with van der Waals surface area (Å²) >= 11 is 0. The van der Waals surface area contributed by atoms with E-state index in [1.807, 2.05) is 42.5 Å². The first-order valence-electron chi connectivity index (χ1n) is 8.92. The molecule has 4 aromatic rings. The van der Waals surface area contributed by atoms with Gasteiger partial charge in [0.05, 0.1) is 0 Å². The Balaban J connectivity index is 1.69. The second-order valence-electron chi connectivity index (χ2n) is 6.72. The van der Waals surface area contributed by atoms with Crippen LogP contribution in [-0.4, -0.2) is 0 Å². The van der Waals surface area contributed by atoms with Crippen molar-refractivity contribution in [2.45, 2.75) is 20.5 Å². The van der Waals surface area contributed by atoms with E-state index in [4.69, 9.17) is 9.15 Å². The zero-order valence-electron chi connectivity index (χ0n) is 15.4. The molecule has 0 bridgehead atoms. The van der Waals surface area contributed by atoms with Gasteiger partial charge in [-0.25, -0.2) is 4.79 Å².